The maximum Gasteiger partial charge on any atom is 0.274 e. The lowest BCUT2D eigenvalue weighted by Gasteiger charge is -2.05. The molecule has 5 nitrogen and oxygen atoms in total. The molecule has 98 valence electrons. The van der Waals surface area contributed by atoms with Crippen molar-refractivity contribution in [3.05, 3.63) is 59.1 Å². The minimum absolute atomic E-state index is 0.269. The molecule has 0 radical (unpaired) electrons. The standard InChI is InChI=1S/C14H9BrN4O/c15-13-3-1-2-11(19-13)14(20)18-9-4-5-10-12(8-9)17-7-6-16-10/h1-8H,(H,18,20). The molecule has 1 amide bonds. The predicted molar refractivity (Wildman–Crippen MR) is 79.4 cm³/mol. The maximum atomic E-state index is 12.1. The van der Waals surface area contributed by atoms with E-state index in [1.54, 1.807) is 42.7 Å². The van der Waals surface area contributed by atoms with E-state index >= 15 is 0 Å². The summed E-state index contributed by atoms with van der Waals surface area (Å²) in [5, 5.41) is 2.79. The van der Waals surface area contributed by atoms with Crippen molar-refractivity contribution in [3.8, 4) is 0 Å². The van der Waals surface area contributed by atoms with Crippen molar-refractivity contribution in [2.24, 2.45) is 0 Å². The molecule has 0 unspecified atom stereocenters. The predicted octanol–water partition coefficient (Wildman–Crippen LogP) is 3.04. The van der Waals surface area contributed by atoms with Gasteiger partial charge in [0, 0.05) is 18.1 Å². The third-order valence-corrected chi connectivity index (χ3v) is 3.12. The maximum absolute atomic E-state index is 12.1. The van der Waals surface area contributed by atoms with E-state index < -0.39 is 0 Å². The van der Waals surface area contributed by atoms with Gasteiger partial charge >= 0.3 is 0 Å². The summed E-state index contributed by atoms with van der Waals surface area (Å²) in [6, 6.07) is 10.6. The Morgan fingerprint density at radius 3 is 2.65 bits per heavy atom. The highest BCUT2D eigenvalue weighted by molar-refractivity contribution is 9.10. The second-order valence-electron chi connectivity index (χ2n) is 4.06. The van der Waals surface area contributed by atoms with Crippen LogP contribution in [-0.4, -0.2) is 20.9 Å². The Bertz CT molecular complexity index is 791. The van der Waals surface area contributed by atoms with Gasteiger partial charge in [0.05, 0.1) is 11.0 Å². The zero-order chi connectivity index (χ0) is 13.9. The van der Waals surface area contributed by atoms with Crippen molar-refractivity contribution in [2.45, 2.75) is 0 Å². The lowest BCUT2D eigenvalue weighted by atomic mass is 10.2. The number of benzene rings is 1. The third-order valence-electron chi connectivity index (χ3n) is 2.67. The first kappa shape index (κ1) is 12.7. The number of hydrogen-bond donors (Lipinski definition) is 1. The van der Waals surface area contributed by atoms with Gasteiger partial charge in [0.1, 0.15) is 10.3 Å². The molecule has 0 atom stereocenters. The summed E-state index contributed by atoms with van der Waals surface area (Å²) in [6.07, 6.45) is 3.25. The van der Waals surface area contributed by atoms with Crippen molar-refractivity contribution in [1.29, 1.82) is 0 Å². The monoisotopic (exact) mass is 328 g/mol. The number of aromatic nitrogens is 3. The van der Waals surface area contributed by atoms with Gasteiger partial charge in [-0.15, -0.1) is 0 Å². The number of carbonyl (C=O) groups excluding carboxylic acids is 1. The highest BCUT2D eigenvalue weighted by Crippen LogP contribution is 2.16. The second kappa shape index (κ2) is 5.34. The Labute approximate surface area is 123 Å². The molecule has 0 saturated heterocycles. The van der Waals surface area contributed by atoms with Crippen LogP contribution in [0.15, 0.2) is 53.4 Å². The highest BCUT2D eigenvalue weighted by atomic mass is 79.9. The summed E-state index contributed by atoms with van der Waals surface area (Å²) in [5.74, 6) is -0.269. The molecular formula is C14H9BrN4O. The molecule has 0 saturated carbocycles. The summed E-state index contributed by atoms with van der Waals surface area (Å²) >= 11 is 3.24. The van der Waals surface area contributed by atoms with Gasteiger partial charge in [0.2, 0.25) is 0 Å². The van der Waals surface area contributed by atoms with Crippen LogP contribution in [0.4, 0.5) is 5.69 Å². The number of pyridine rings is 1. The van der Waals surface area contributed by atoms with Crippen LogP contribution in [-0.2, 0) is 0 Å². The van der Waals surface area contributed by atoms with E-state index in [1.165, 1.54) is 0 Å². The molecule has 1 N–H and O–H groups in total. The number of nitrogens with zero attached hydrogens (tertiary/aromatic N) is 3. The summed E-state index contributed by atoms with van der Waals surface area (Å²) in [6.45, 7) is 0. The van der Waals surface area contributed by atoms with E-state index in [2.05, 4.69) is 36.2 Å². The van der Waals surface area contributed by atoms with Gasteiger partial charge in [0.15, 0.2) is 0 Å². The molecule has 0 aliphatic carbocycles. The third kappa shape index (κ3) is 2.65. The molecule has 2 aromatic heterocycles. The second-order valence-corrected chi connectivity index (χ2v) is 4.87. The van der Waals surface area contributed by atoms with Crippen LogP contribution in [0.3, 0.4) is 0 Å². The molecular weight excluding hydrogens is 320 g/mol. The van der Waals surface area contributed by atoms with Crippen LogP contribution in [0.5, 0.6) is 0 Å². The molecule has 0 bridgehead atoms. The normalized spacial score (nSPS) is 10.4. The van der Waals surface area contributed by atoms with Crippen molar-refractivity contribution in [3.63, 3.8) is 0 Å². The van der Waals surface area contributed by atoms with Crippen LogP contribution >= 0.6 is 15.9 Å². The van der Waals surface area contributed by atoms with Crippen LogP contribution in [0.2, 0.25) is 0 Å². The molecule has 3 rings (SSSR count). The quantitative estimate of drug-likeness (QED) is 0.734. The van der Waals surface area contributed by atoms with Crippen molar-refractivity contribution < 1.29 is 4.79 Å². The van der Waals surface area contributed by atoms with Crippen LogP contribution in [0, 0.1) is 0 Å². The first-order valence-electron chi connectivity index (χ1n) is 5.87. The summed E-state index contributed by atoms with van der Waals surface area (Å²) < 4.78 is 0.620. The fourth-order valence-electron chi connectivity index (χ4n) is 1.77. The Balaban J connectivity index is 1.87. The number of carbonyl (C=O) groups is 1. The van der Waals surface area contributed by atoms with Gasteiger partial charge in [-0.05, 0) is 46.3 Å². The molecule has 3 aromatic rings. The Hall–Kier alpha value is -2.34. The average molecular weight is 329 g/mol. The first-order chi connectivity index (χ1) is 9.72. The molecule has 20 heavy (non-hydrogen) atoms. The number of rotatable bonds is 2. The molecule has 6 heteroatoms. The average Bonchev–Trinajstić information content (AvgIpc) is 2.47. The Morgan fingerprint density at radius 1 is 1.05 bits per heavy atom. The zero-order valence-electron chi connectivity index (χ0n) is 10.2. The van der Waals surface area contributed by atoms with E-state index in [9.17, 15) is 4.79 Å². The van der Waals surface area contributed by atoms with Gasteiger partial charge in [-0.1, -0.05) is 6.07 Å². The largest absolute Gasteiger partial charge is 0.321 e. The molecule has 0 spiro atoms. The fraction of sp³-hybridized carbons (Fsp3) is 0. The van der Waals surface area contributed by atoms with Crippen molar-refractivity contribution >= 4 is 38.6 Å². The minimum atomic E-state index is -0.269. The number of amides is 1. The lowest BCUT2D eigenvalue weighted by Crippen LogP contribution is -2.13. The molecule has 0 aliphatic rings. The van der Waals surface area contributed by atoms with Gasteiger partial charge in [-0.25, -0.2) is 4.98 Å². The van der Waals surface area contributed by atoms with Crippen molar-refractivity contribution in [1.82, 2.24) is 15.0 Å². The van der Waals surface area contributed by atoms with E-state index in [1.807, 2.05) is 6.07 Å². The molecule has 2 heterocycles. The number of hydrogen-bond acceptors (Lipinski definition) is 4. The van der Waals surface area contributed by atoms with Crippen LogP contribution < -0.4 is 5.32 Å². The van der Waals surface area contributed by atoms with Crippen LogP contribution in [0.1, 0.15) is 10.5 Å². The fourth-order valence-corrected chi connectivity index (χ4v) is 2.11. The van der Waals surface area contributed by atoms with Crippen molar-refractivity contribution in [2.75, 3.05) is 5.32 Å². The number of halogens is 1. The topological polar surface area (TPSA) is 67.8 Å². The number of anilines is 1. The van der Waals surface area contributed by atoms with E-state index in [4.69, 9.17) is 0 Å². The summed E-state index contributed by atoms with van der Waals surface area (Å²) in [4.78, 5) is 24.6. The van der Waals surface area contributed by atoms with Gasteiger partial charge < -0.3 is 5.32 Å². The van der Waals surface area contributed by atoms with E-state index in [-0.39, 0.29) is 5.91 Å². The van der Waals surface area contributed by atoms with Crippen LogP contribution in [0.25, 0.3) is 11.0 Å². The lowest BCUT2D eigenvalue weighted by molar-refractivity contribution is 0.102. The Morgan fingerprint density at radius 2 is 1.85 bits per heavy atom. The zero-order valence-corrected chi connectivity index (χ0v) is 11.8. The summed E-state index contributed by atoms with van der Waals surface area (Å²) in [7, 11) is 0. The number of fused-ring (bicyclic) bond motifs is 1. The minimum Gasteiger partial charge on any atom is -0.321 e. The SMILES string of the molecule is O=C(Nc1ccc2nccnc2c1)c1cccc(Br)n1. The number of nitrogens with one attached hydrogen (secondary N) is 1. The summed E-state index contributed by atoms with van der Waals surface area (Å²) in [5.41, 5.74) is 2.52. The first-order valence-corrected chi connectivity index (χ1v) is 6.66. The molecule has 0 aliphatic heterocycles. The molecule has 1 aromatic carbocycles. The molecule has 0 fully saturated rings. The van der Waals surface area contributed by atoms with E-state index in [0.717, 1.165) is 11.0 Å². The van der Waals surface area contributed by atoms with E-state index in [0.29, 0.717) is 16.0 Å². The van der Waals surface area contributed by atoms with Gasteiger partial charge in [-0.3, -0.25) is 14.8 Å². The van der Waals surface area contributed by atoms with Gasteiger partial charge in [-0.2, -0.15) is 0 Å². The smallest absolute Gasteiger partial charge is 0.274 e. The highest BCUT2D eigenvalue weighted by Gasteiger charge is 2.08. The Kier molecular flexibility index (Phi) is 3.39. The van der Waals surface area contributed by atoms with Gasteiger partial charge in [0.25, 0.3) is 5.91 Å².